The summed E-state index contributed by atoms with van der Waals surface area (Å²) in [5.41, 5.74) is 0. The molecule has 0 saturated heterocycles. The molecular weight excluding hydrogens is 338 g/mol. The van der Waals surface area contributed by atoms with Crippen molar-refractivity contribution in [2.75, 3.05) is 25.7 Å². The van der Waals surface area contributed by atoms with Crippen molar-refractivity contribution in [1.29, 1.82) is 0 Å². The molecule has 0 rings (SSSR count). The Labute approximate surface area is 146 Å². The first-order valence-corrected chi connectivity index (χ1v) is 10.7. The van der Waals surface area contributed by atoms with Crippen molar-refractivity contribution in [3.8, 4) is 0 Å². The van der Waals surface area contributed by atoms with Crippen LogP contribution in [0, 0.1) is 0 Å². The molecule has 0 aromatic carbocycles. The van der Waals surface area contributed by atoms with E-state index in [0.717, 1.165) is 25.3 Å². The van der Waals surface area contributed by atoms with Crippen LogP contribution in [-0.4, -0.2) is 46.7 Å². The summed E-state index contributed by atoms with van der Waals surface area (Å²) in [4.78, 5) is 14.2. The summed E-state index contributed by atoms with van der Waals surface area (Å²) in [6.07, 6.45) is 3.99. The minimum Gasteiger partial charge on any atom is -0.383 e. The SMILES string of the molecule is CC(CCCCl)ON=C=O.CCC[Si](OCC)(OCC)OCC. The van der Waals surface area contributed by atoms with Gasteiger partial charge in [-0.15, -0.1) is 11.6 Å². The molecule has 8 heteroatoms. The number of hydrogen-bond acceptors (Lipinski definition) is 6. The van der Waals surface area contributed by atoms with Gasteiger partial charge in [-0.2, -0.15) is 0 Å². The Morgan fingerprint density at radius 2 is 1.61 bits per heavy atom. The van der Waals surface area contributed by atoms with E-state index in [0.29, 0.717) is 25.7 Å². The van der Waals surface area contributed by atoms with E-state index in [1.165, 1.54) is 6.08 Å². The first kappa shape index (κ1) is 24.8. The lowest BCUT2D eigenvalue weighted by atomic mass is 10.2. The zero-order valence-electron chi connectivity index (χ0n) is 15.1. The third-order valence-electron chi connectivity index (χ3n) is 2.66. The summed E-state index contributed by atoms with van der Waals surface area (Å²) in [6, 6.07) is 0.919. The summed E-state index contributed by atoms with van der Waals surface area (Å²) >= 11 is 5.42. The maximum atomic E-state index is 9.54. The molecule has 0 spiro atoms. The van der Waals surface area contributed by atoms with E-state index in [2.05, 4.69) is 16.9 Å². The molecule has 0 amide bonds. The van der Waals surface area contributed by atoms with Gasteiger partial charge in [-0.1, -0.05) is 13.3 Å². The maximum absolute atomic E-state index is 9.54. The summed E-state index contributed by atoms with van der Waals surface area (Å²) in [6.45, 7) is 11.9. The number of alkyl halides is 1. The van der Waals surface area contributed by atoms with Crippen molar-refractivity contribution >= 4 is 26.5 Å². The Bertz CT molecular complexity index is 274. The third kappa shape index (κ3) is 14.9. The van der Waals surface area contributed by atoms with Gasteiger partial charge in [-0.3, -0.25) is 0 Å². The first-order valence-electron chi connectivity index (χ1n) is 8.26. The number of nitrogens with zero attached hydrogens (tertiary/aromatic N) is 1. The van der Waals surface area contributed by atoms with Crippen LogP contribution in [0.5, 0.6) is 0 Å². The number of rotatable bonds is 13. The smallest absolute Gasteiger partial charge is 0.383 e. The molecule has 138 valence electrons. The predicted molar refractivity (Wildman–Crippen MR) is 94.4 cm³/mol. The van der Waals surface area contributed by atoms with Gasteiger partial charge in [-0.05, 0) is 40.5 Å². The fraction of sp³-hybridized carbons (Fsp3) is 0.933. The number of carbonyl (C=O) groups excluding carboxylic acids is 1. The van der Waals surface area contributed by atoms with E-state index in [9.17, 15) is 4.79 Å². The molecule has 0 radical (unpaired) electrons. The average Bonchev–Trinajstić information content (AvgIpc) is 2.52. The van der Waals surface area contributed by atoms with Crippen molar-refractivity contribution in [2.45, 2.75) is 66.0 Å². The lowest BCUT2D eigenvalue weighted by Gasteiger charge is -2.27. The highest BCUT2D eigenvalue weighted by molar-refractivity contribution is 6.60. The maximum Gasteiger partial charge on any atom is 0.500 e. The van der Waals surface area contributed by atoms with Crippen molar-refractivity contribution in [2.24, 2.45) is 5.16 Å². The van der Waals surface area contributed by atoms with Crippen molar-refractivity contribution in [3.63, 3.8) is 0 Å². The molecule has 0 aromatic heterocycles. The average molecular weight is 370 g/mol. The van der Waals surface area contributed by atoms with E-state index in [1.807, 2.05) is 27.7 Å². The van der Waals surface area contributed by atoms with Gasteiger partial charge in [0, 0.05) is 36.9 Å². The molecule has 0 aliphatic heterocycles. The predicted octanol–water partition coefficient (Wildman–Crippen LogP) is 4.11. The van der Waals surface area contributed by atoms with E-state index in [1.54, 1.807) is 0 Å². The Hall–Kier alpha value is -0.433. The molecular formula is C15H32ClNO5Si. The zero-order chi connectivity index (χ0) is 18.0. The summed E-state index contributed by atoms with van der Waals surface area (Å²) in [7, 11) is -2.30. The minimum atomic E-state index is -2.30. The van der Waals surface area contributed by atoms with Crippen LogP contribution in [0.2, 0.25) is 6.04 Å². The molecule has 0 saturated carbocycles. The Balaban J connectivity index is 0. The molecule has 1 unspecified atom stereocenters. The van der Waals surface area contributed by atoms with Gasteiger partial charge in [0.2, 0.25) is 0 Å². The summed E-state index contributed by atoms with van der Waals surface area (Å²) < 4.78 is 16.9. The van der Waals surface area contributed by atoms with Crippen molar-refractivity contribution < 1.29 is 22.9 Å². The lowest BCUT2D eigenvalue weighted by Crippen LogP contribution is -2.45. The van der Waals surface area contributed by atoms with Gasteiger partial charge in [0.15, 0.2) is 0 Å². The second-order valence-electron chi connectivity index (χ2n) is 4.66. The fourth-order valence-electron chi connectivity index (χ4n) is 1.84. The summed E-state index contributed by atoms with van der Waals surface area (Å²) in [5, 5.41) is 2.98. The summed E-state index contributed by atoms with van der Waals surface area (Å²) in [5.74, 6) is 0.610. The number of isocyanates is 1. The van der Waals surface area contributed by atoms with Gasteiger partial charge < -0.3 is 18.1 Å². The highest BCUT2D eigenvalue weighted by Crippen LogP contribution is 2.17. The van der Waals surface area contributed by atoms with Crippen LogP contribution in [0.4, 0.5) is 0 Å². The molecule has 0 aromatic rings. The van der Waals surface area contributed by atoms with Crippen LogP contribution in [0.25, 0.3) is 0 Å². The molecule has 0 aliphatic carbocycles. The van der Waals surface area contributed by atoms with Crippen LogP contribution in [0.3, 0.4) is 0 Å². The van der Waals surface area contributed by atoms with Crippen LogP contribution >= 0.6 is 11.6 Å². The van der Waals surface area contributed by atoms with Gasteiger partial charge >= 0.3 is 8.80 Å². The van der Waals surface area contributed by atoms with Crippen LogP contribution < -0.4 is 0 Å². The Morgan fingerprint density at radius 1 is 1.09 bits per heavy atom. The van der Waals surface area contributed by atoms with E-state index >= 15 is 0 Å². The standard InChI is InChI=1S/C9H22O3Si.C6H10ClNO2/c1-5-9-13(10-6-2,11-7-3)12-8-4;1-6(3-2-4-7)10-8-5-9/h5-9H2,1-4H3;6H,2-4H2,1H3. The highest BCUT2D eigenvalue weighted by atomic mass is 35.5. The van der Waals surface area contributed by atoms with Gasteiger partial charge in [0.25, 0.3) is 6.08 Å². The van der Waals surface area contributed by atoms with Crippen LogP contribution in [-0.2, 0) is 22.9 Å². The number of halogens is 1. The first-order chi connectivity index (χ1) is 11.1. The second kappa shape index (κ2) is 17.9. The van der Waals surface area contributed by atoms with E-state index < -0.39 is 8.80 Å². The number of hydrogen-bond donors (Lipinski definition) is 0. The third-order valence-corrected chi connectivity index (χ3v) is 6.23. The van der Waals surface area contributed by atoms with Gasteiger partial charge in [-0.25, -0.2) is 4.79 Å². The lowest BCUT2D eigenvalue weighted by molar-refractivity contribution is 0.0658. The van der Waals surface area contributed by atoms with Crippen molar-refractivity contribution in [1.82, 2.24) is 0 Å². The topological polar surface area (TPSA) is 66.4 Å². The van der Waals surface area contributed by atoms with Gasteiger partial charge in [0.05, 0.1) is 0 Å². The van der Waals surface area contributed by atoms with Crippen LogP contribution in [0.1, 0.15) is 53.9 Å². The van der Waals surface area contributed by atoms with Crippen molar-refractivity contribution in [3.05, 3.63) is 0 Å². The molecule has 0 N–H and O–H groups in total. The molecule has 23 heavy (non-hydrogen) atoms. The minimum absolute atomic E-state index is 0.0415. The highest BCUT2D eigenvalue weighted by Gasteiger charge is 2.38. The van der Waals surface area contributed by atoms with Crippen LogP contribution in [0.15, 0.2) is 5.16 Å². The molecule has 6 nitrogen and oxygen atoms in total. The molecule has 0 heterocycles. The monoisotopic (exact) mass is 369 g/mol. The fourth-order valence-corrected chi connectivity index (χ4v) is 4.61. The molecule has 0 aliphatic rings. The molecule has 0 bridgehead atoms. The Morgan fingerprint density at radius 3 is 1.96 bits per heavy atom. The second-order valence-corrected chi connectivity index (χ2v) is 7.77. The quantitative estimate of drug-likeness (QED) is 0.161. The zero-order valence-corrected chi connectivity index (χ0v) is 16.9. The van der Waals surface area contributed by atoms with E-state index in [-0.39, 0.29) is 6.10 Å². The van der Waals surface area contributed by atoms with Gasteiger partial charge in [0.1, 0.15) is 6.10 Å². The largest absolute Gasteiger partial charge is 0.500 e. The normalized spacial score (nSPS) is 11.9. The molecule has 0 fully saturated rings. The Kier molecular flexibility index (Phi) is 19.3. The van der Waals surface area contributed by atoms with E-state index in [4.69, 9.17) is 24.9 Å². The molecule has 1 atom stereocenters.